The Hall–Kier alpha value is -1.63. The average molecular weight is 296 g/mol. The number of rotatable bonds is 4. The third kappa shape index (κ3) is 3.02. The molecule has 0 radical (unpaired) electrons. The first kappa shape index (κ1) is 15.8. The van der Waals surface area contributed by atoms with E-state index in [-0.39, 0.29) is 18.4 Å². The lowest BCUT2D eigenvalue weighted by Crippen LogP contribution is -2.53. The van der Waals surface area contributed by atoms with Crippen LogP contribution in [-0.4, -0.2) is 46.4 Å². The van der Waals surface area contributed by atoms with E-state index in [4.69, 9.17) is 5.73 Å². The first-order valence-electron chi connectivity index (χ1n) is 7.39. The van der Waals surface area contributed by atoms with Crippen LogP contribution in [0.5, 0.6) is 0 Å². The molecule has 7 nitrogen and oxygen atoms in total. The first-order chi connectivity index (χ1) is 9.66. The Labute approximate surface area is 124 Å². The highest BCUT2D eigenvalue weighted by atomic mass is 16.2. The van der Waals surface area contributed by atoms with E-state index in [2.05, 4.69) is 10.6 Å². The van der Waals surface area contributed by atoms with Crippen LogP contribution in [0.3, 0.4) is 0 Å². The van der Waals surface area contributed by atoms with Crippen molar-refractivity contribution in [2.24, 2.45) is 5.73 Å². The fraction of sp³-hybridized carbons (Fsp3) is 0.786. The summed E-state index contributed by atoms with van der Waals surface area (Å²) < 4.78 is 0. The molecule has 4 N–H and O–H groups in total. The third-order valence-corrected chi connectivity index (χ3v) is 4.14. The molecule has 0 aromatic rings. The van der Waals surface area contributed by atoms with Crippen molar-refractivity contribution < 1.29 is 14.4 Å². The second kappa shape index (κ2) is 5.29. The molecule has 7 heteroatoms. The van der Waals surface area contributed by atoms with E-state index in [1.165, 1.54) is 0 Å². The number of carbonyl (C=O) groups is 3. The Morgan fingerprint density at radius 3 is 2.52 bits per heavy atom. The molecule has 21 heavy (non-hydrogen) atoms. The second-order valence-electron chi connectivity index (χ2n) is 6.78. The van der Waals surface area contributed by atoms with Gasteiger partial charge in [-0.2, -0.15) is 0 Å². The lowest BCUT2D eigenvalue weighted by molar-refractivity contribution is -0.137. The molecule has 1 saturated carbocycles. The van der Waals surface area contributed by atoms with Crippen molar-refractivity contribution in [2.45, 2.75) is 63.6 Å². The van der Waals surface area contributed by atoms with E-state index in [1.807, 2.05) is 0 Å². The molecule has 1 spiro atoms. The number of amides is 4. The normalized spacial score (nSPS) is 22.6. The Kier molecular flexibility index (Phi) is 3.97. The van der Waals surface area contributed by atoms with Gasteiger partial charge in [-0.05, 0) is 33.6 Å². The minimum atomic E-state index is -0.833. The Morgan fingerprint density at radius 2 is 2.00 bits per heavy atom. The molecule has 118 valence electrons. The zero-order chi connectivity index (χ0) is 15.8. The maximum atomic E-state index is 12.5. The number of hydrogen-bond donors (Lipinski definition) is 3. The summed E-state index contributed by atoms with van der Waals surface area (Å²) in [6.45, 7) is 5.42. The van der Waals surface area contributed by atoms with Gasteiger partial charge >= 0.3 is 6.03 Å². The van der Waals surface area contributed by atoms with Gasteiger partial charge in [-0.3, -0.25) is 9.59 Å². The van der Waals surface area contributed by atoms with Crippen molar-refractivity contribution in [3.05, 3.63) is 0 Å². The largest absolute Gasteiger partial charge is 0.352 e. The van der Waals surface area contributed by atoms with E-state index < -0.39 is 23.2 Å². The summed E-state index contributed by atoms with van der Waals surface area (Å²) in [5.74, 6) is -0.647. The van der Waals surface area contributed by atoms with E-state index >= 15 is 0 Å². The molecule has 2 aliphatic rings. The topological polar surface area (TPSA) is 105 Å². The molecular weight excluding hydrogens is 272 g/mol. The predicted molar refractivity (Wildman–Crippen MR) is 77.3 cm³/mol. The predicted octanol–water partition coefficient (Wildman–Crippen LogP) is 0.0930. The summed E-state index contributed by atoms with van der Waals surface area (Å²) in [7, 11) is 0. The molecule has 1 heterocycles. The Morgan fingerprint density at radius 1 is 1.43 bits per heavy atom. The van der Waals surface area contributed by atoms with Gasteiger partial charge in [0.05, 0.1) is 0 Å². The highest BCUT2D eigenvalue weighted by Gasteiger charge is 2.54. The number of nitrogens with zero attached hydrogens (tertiary/aromatic N) is 1. The standard InChI is InChI=1S/C14H24N4O3/c1-9(10(19)16-8-13(2,3)15)18-11(20)14(17-12(18)21)6-4-5-7-14/h9H,4-8,15H2,1-3H3,(H,16,19)(H,17,21). The van der Waals surface area contributed by atoms with Gasteiger partial charge < -0.3 is 16.4 Å². The number of nitrogens with one attached hydrogen (secondary N) is 2. The molecule has 2 rings (SSSR count). The highest BCUT2D eigenvalue weighted by Crippen LogP contribution is 2.35. The van der Waals surface area contributed by atoms with E-state index in [1.54, 1.807) is 20.8 Å². The van der Waals surface area contributed by atoms with Crippen molar-refractivity contribution in [1.82, 2.24) is 15.5 Å². The number of imide groups is 1. The molecule has 2 fully saturated rings. The van der Waals surface area contributed by atoms with Gasteiger partial charge in [0.1, 0.15) is 11.6 Å². The van der Waals surface area contributed by atoms with Gasteiger partial charge in [-0.25, -0.2) is 9.69 Å². The van der Waals surface area contributed by atoms with Gasteiger partial charge in [0.25, 0.3) is 5.91 Å². The molecule has 1 aliphatic carbocycles. The van der Waals surface area contributed by atoms with Crippen LogP contribution in [0.4, 0.5) is 4.79 Å². The molecular formula is C14H24N4O3. The van der Waals surface area contributed by atoms with Crippen molar-refractivity contribution in [3.63, 3.8) is 0 Å². The van der Waals surface area contributed by atoms with E-state index in [0.29, 0.717) is 12.8 Å². The van der Waals surface area contributed by atoms with Crippen LogP contribution >= 0.6 is 0 Å². The summed E-state index contributed by atoms with van der Waals surface area (Å²) in [5.41, 5.74) is 4.49. The first-order valence-corrected chi connectivity index (χ1v) is 7.39. The van der Waals surface area contributed by atoms with Crippen molar-refractivity contribution in [2.75, 3.05) is 6.54 Å². The summed E-state index contributed by atoms with van der Waals surface area (Å²) in [6.07, 6.45) is 3.14. The Bertz CT molecular complexity index is 463. The van der Waals surface area contributed by atoms with Gasteiger partial charge in [-0.15, -0.1) is 0 Å². The average Bonchev–Trinajstić information content (AvgIpc) is 2.92. The van der Waals surface area contributed by atoms with Crippen LogP contribution < -0.4 is 16.4 Å². The van der Waals surface area contributed by atoms with Gasteiger partial charge in [0.2, 0.25) is 5.91 Å². The maximum Gasteiger partial charge on any atom is 0.325 e. The zero-order valence-electron chi connectivity index (χ0n) is 12.9. The molecule has 0 aromatic heterocycles. The quantitative estimate of drug-likeness (QED) is 0.640. The molecule has 0 bridgehead atoms. The van der Waals surface area contributed by atoms with Gasteiger partial charge in [0, 0.05) is 12.1 Å². The van der Waals surface area contributed by atoms with Gasteiger partial charge in [-0.1, -0.05) is 12.8 Å². The smallest absolute Gasteiger partial charge is 0.325 e. The third-order valence-electron chi connectivity index (χ3n) is 4.14. The lowest BCUT2D eigenvalue weighted by atomic mass is 9.97. The van der Waals surface area contributed by atoms with Crippen LogP contribution in [0.25, 0.3) is 0 Å². The van der Waals surface area contributed by atoms with E-state index in [0.717, 1.165) is 17.7 Å². The molecule has 1 unspecified atom stereocenters. The second-order valence-corrected chi connectivity index (χ2v) is 6.78. The SMILES string of the molecule is CC(C(=O)NCC(C)(C)N)N1C(=O)NC2(CCCC2)C1=O. The molecule has 4 amide bonds. The summed E-state index contributed by atoms with van der Waals surface area (Å²) in [6, 6.07) is -1.31. The number of hydrogen-bond acceptors (Lipinski definition) is 4. The minimum absolute atomic E-state index is 0.278. The summed E-state index contributed by atoms with van der Waals surface area (Å²) in [5, 5.41) is 5.45. The fourth-order valence-electron chi connectivity index (χ4n) is 2.89. The van der Waals surface area contributed by atoms with Crippen molar-refractivity contribution in [3.8, 4) is 0 Å². The van der Waals surface area contributed by atoms with Gasteiger partial charge in [0.15, 0.2) is 0 Å². The van der Waals surface area contributed by atoms with Crippen LogP contribution in [0.1, 0.15) is 46.5 Å². The van der Waals surface area contributed by atoms with Crippen LogP contribution in [0.15, 0.2) is 0 Å². The minimum Gasteiger partial charge on any atom is -0.352 e. The van der Waals surface area contributed by atoms with Crippen molar-refractivity contribution >= 4 is 17.8 Å². The maximum absolute atomic E-state index is 12.5. The number of urea groups is 1. The van der Waals surface area contributed by atoms with Crippen LogP contribution in [0.2, 0.25) is 0 Å². The molecule has 0 aromatic carbocycles. The monoisotopic (exact) mass is 296 g/mol. The zero-order valence-corrected chi connectivity index (χ0v) is 12.9. The highest BCUT2D eigenvalue weighted by molar-refractivity contribution is 6.09. The summed E-state index contributed by atoms with van der Waals surface area (Å²) in [4.78, 5) is 37.8. The number of carbonyl (C=O) groups excluding carboxylic acids is 3. The summed E-state index contributed by atoms with van der Waals surface area (Å²) >= 11 is 0. The fourth-order valence-corrected chi connectivity index (χ4v) is 2.89. The van der Waals surface area contributed by atoms with E-state index in [9.17, 15) is 14.4 Å². The molecule has 1 atom stereocenters. The van der Waals surface area contributed by atoms with Crippen molar-refractivity contribution in [1.29, 1.82) is 0 Å². The molecule has 1 aliphatic heterocycles. The molecule has 1 saturated heterocycles. The number of nitrogens with two attached hydrogens (primary N) is 1. The van der Waals surface area contributed by atoms with Crippen LogP contribution in [0, 0.1) is 0 Å². The lowest BCUT2D eigenvalue weighted by Gasteiger charge is -2.25. The Balaban J connectivity index is 2.05. The van der Waals surface area contributed by atoms with Crippen LogP contribution in [-0.2, 0) is 9.59 Å².